The Morgan fingerprint density at radius 3 is 2.58 bits per heavy atom. The maximum absolute atomic E-state index is 12.9. The van der Waals surface area contributed by atoms with Crippen molar-refractivity contribution in [3.05, 3.63) is 65.7 Å². The number of nitrogens with zero attached hydrogens (tertiary/aromatic N) is 2. The summed E-state index contributed by atoms with van der Waals surface area (Å²) in [5, 5.41) is 2.70. The lowest BCUT2D eigenvalue weighted by molar-refractivity contribution is -0.132. The third-order valence-corrected chi connectivity index (χ3v) is 4.60. The van der Waals surface area contributed by atoms with Crippen molar-refractivity contribution in [2.24, 2.45) is 5.92 Å². The summed E-state index contributed by atoms with van der Waals surface area (Å²) in [4.78, 5) is 30.7. The Balaban J connectivity index is 1.53. The Hall–Kier alpha value is -2.76. The van der Waals surface area contributed by atoms with Crippen molar-refractivity contribution >= 4 is 11.8 Å². The van der Waals surface area contributed by atoms with Gasteiger partial charge in [0.15, 0.2) is 0 Å². The van der Waals surface area contributed by atoms with Gasteiger partial charge in [0.05, 0.1) is 11.7 Å². The van der Waals surface area contributed by atoms with Crippen molar-refractivity contribution in [1.82, 2.24) is 15.2 Å². The van der Waals surface area contributed by atoms with E-state index in [0.717, 1.165) is 18.5 Å². The highest BCUT2D eigenvalue weighted by Gasteiger charge is 2.37. The minimum atomic E-state index is -0.390. The Bertz CT molecular complexity index is 760. The van der Waals surface area contributed by atoms with Crippen molar-refractivity contribution in [3.63, 3.8) is 0 Å². The number of aromatic nitrogens is 1. The second-order valence-electron chi connectivity index (χ2n) is 6.55. The molecule has 5 nitrogen and oxygen atoms in total. The van der Waals surface area contributed by atoms with Gasteiger partial charge >= 0.3 is 0 Å². The summed E-state index contributed by atoms with van der Waals surface area (Å²) in [5.74, 6) is -0.289. The summed E-state index contributed by atoms with van der Waals surface area (Å²) in [7, 11) is 1.79. The summed E-state index contributed by atoms with van der Waals surface area (Å²) in [6.45, 7) is 0.235. The quantitative estimate of drug-likeness (QED) is 0.831. The van der Waals surface area contributed by atoms with Crippen LogP contribution >= 0.6 is 0 Å². The van der Waals surface area contributed by atoms with Crippen molar-refractivity contribution in [3.8, 4) is 0 Å². The average Bonchev–Trinajstić information content (AvgIpc) is 3.48. The second-order valence-corrected chi connectivity index (χ2v) is 6.55. The number of pyridine rings is 1. The van der Waals surface area contributed by atoms with Crippen LogP contribution in [0, 0.1) is 11.7 Å². The molecule has 3 rings (SSSR count). The molecule has 1 N–H and O–H groups in total. The lowest BCUT2D eigenvalue weighted by atomic mass is 10.1. The van der Waals surface area contributed by atoms with Gasteiger partial charge in [-0.05, 0) is 55.2 Å². The van der Waals surface area contributed by atoms with E-state index in [1.165, 1.54) is 24.3 Å². The fourth-order valence-corrected chi connectivity index (χ4v) is 3.04. The molecule has 1 aromatic heterocycles. The van der Waals surface area contributed by atoms with E-state index >= 15 is 0 Å². The summed E-state index contributed by atoms with van der Waals surface area (Å²) < 4.78 is 12.9. The molecule has 1 aromatic carbocycles. The van der Waals surface area contributed by atoms with E-state index in [0.29, 0.717) is 11.5 Å². The Morgan fingerprint density at radius 2 is 1.96 bits per heavy atom. The molecular formula is C20H22FN3O2. The summed E-state index contributed by atoms with van der Waals surface area (Å²) in [6.07, 6.45) is 4.14. The van der Waals surface area contributed by atoms with Crippen LogP contribution in [-0.4, -0.2) is 35.3 Å². The predicted octanol–water partition coefficient (Wildman–Crippen LogP) is 2.95. The van der Waals surface area contributed by atoms with Crippen molar-refractivity contribution in [1.29, 1.82) is 0 Å². The Labute approximate surface area is 152 Å². The molecule has 1 atom stereocenters. The molecule has 1 heterocycles. The molecule has 1 aliphatic rings. The summed E-state index contributed by atoms with van der Waals surface area (Å²) >= 11 is 0. The lowest BCUT2D eigenvalue weighted by Gasteiger charge is -2.28. The predicted molar refractivity (Wildman–Crippen MR) is 95.8 cm³/mol. The summed E-state index contributed by atoms with van der Waals surface area (Å²) in [6, 6.07) is 11.0. The average molecular weight is 355 g/mol. The highest BCUT2D eigenvalue weighted by molar-refractivity contribution is 5.94. The van der Waals surface area contributed by atoms with Crippen LogP contribution in [0.1, 0.15) is 41.4 Å². The van der Waals surface area contributed by atoms with Crippen LogP contribution in [-0.2, 0) is 4.79 Å². The van der Waals surface area contributed by atoms with Crippen LogP contribution in [0.2, 0.25) is 0 Å². The van der Waals surface area contributed by atoms with Gasteiger partial charge in [0.25, 0.3) is 5.91 Å². The van der Waals surface area contributed by atoms with E-state index < -0.39 is 0 Å². The maximum Gasteiger partial charge on any atom is 0.251 e. The highest BCUT2D eigenvalue weighted by atomic mass is 19.1. The molecular weight excluding hydrogens is 333 g/mol. The van der Waals surface area contributed by atoms with Gasteiger partial charge in [0, 0.05) is 31.8 Å². The molecule has 2 aromatic rings. The molecule has 26 heavy (non-hydrogen) atoms. The molecule has 136 valence electrons. The molecule has 0 unspecified atom stereocenters. The Morgan fingerprint density at radius 1 is 1.23 bits per heavy atom. The van der Waals surface area contributed by atoms with Gasteiger partial charge in [0.2, 0.25) is 5.91 Å². The first-order chi connectivity index (χ1) is 12.6. The number of nitrogens with one attached hydrogen (secondary N) is 1. The normalized spacial score (nSPS) is 14.5. The molecule has 1 fully saturated rings. The van der Waals surface area contributed by atoms with Gasteiger partial charge in [-0.25, -0.2) is 4.39 Å². The van der Waals surface area contributed by atoms with Gasteiger partial charge in [-0.15, -0.1) is 0 Å². The molecule has 0 spiro atoms. The number of rotatable bonds is 7. The van der Waals surface area contributed by atoms with E-state index in [-0.39, 0.29) is 36.6 Å². The molecule has 1 aliphatic carbocycles. The fourth-order valence-electron chi connectivity index (χ4n) is 3.04. The van der Waals surface area contributed by atoms with Gasteiger partial charge in [-0.1, -0.05) is 6.07 Å². The number of carbonyl (C=O) groups excluding carboxylic acids is 2. The van der Waals surface area contributed by atoms with Gasteiger partial charge in [-0.2, -0.15) is 0 Å². The molecule has 0 aliphatic heterocycles. The zero-order chi connectivity index (χ0) is 18.5. The first-order valence-electron chi connectivity index (χ1n) is 8.76. The molecule has 0 radical (unpaired) electrons. The van der Waals surface area contributed by atoms with Crippen LogP contribution in [0.5, 0.6) is 0 Å². The highest BCUT2D eigenvalue weighted by Crippen LogP contribution is 2.43. The molecule has 1 saturated carbocycles. The van der Waals surface area contributed by atoms with E-state index in [2.05, 4.69) is 10.3 Å². The minimum absolute atomic E-state index is 0.0171. The number of halogens is 1. The largest absolute Gasteiger partial charge is 0.352 e. The van der Waals surface area contributed by atoms with Crippen molar-refractivity contribution in [2.45, 2.75) is 25.3 Å². The molecule has 0 saturated heterocycles. The van der Waals surface area contributed by atoms with E-state index in [9.17, 15) is 14.0 Å². The first kappa shape index (κ1) is 18.0. The van der Waals surface area contributed by atoms with Crippen molar-refractivity contribution in [2.75, 3.05) is 13.6 Å². The molecule has 2 amide bonds. The monoisotopic (exact) mass is 355 g/mol. The number of amides is 2. The minimum Gasteiger partial charge on any atom is -0.352 e. The van der Waals surface area contributed by atoms with E-state index in [1.807, 2.05) is 18.2 Å². The Kier molecular flexibility index (Phi) is 5.61. The number of hydrogen-bond donors (Lipinski definition) is 1. The zero-order valence-electron chi connectivity index (χ0n) is 14.7. The third kappa shape index (κ3) is 4.45. The first-order valence-corrected chi connectivity index (χ1v) is 8.76. The van der Waals surface area contributed by atoms with Crippen LogP contribution in [0.15, 0.2) is 48.7 Å². The lowest BCUT2D eigenvalue weighted by Crippen LogP contribution is -2.35. The van der Waals surface area contributed by atoms with Crippen LogP contribution < -0.4 is 5.32 Å². The van der Waals surface area contributed by atoms with Crippen LogP contribution in [0.3, 0.4) is 0 Å². The number of carbonyl (C=O) groups is 2. The molecule has 0 bridgehead atoms. The fraction of sp³-hybridized carbons (Fsp3) is 0.350. The third-order valence-electron chi connectivity index (χ3n) is 4.60. The van der Waals surface area contributed by atoms with Gasteiger partial charge in [0.1, 0.15) is 5.82 Å². The van der Waals surface area contributed by atoms with Crippen LogP contribution in [0.25, 0.3) is 0 Å². The SMILES string of the molecule is CN(C(=O)CCNC(=O)c1ccc(F)cc1)[C@@H](c1ccccn1)C1CC1. The zero-order valence-corrected chi connectivity index (χ0v) is 14.7. The topological polar surface area (TPSA) is 62.3 Å². The van der Waals surface area contributed by atoms with Gasteiger partial charge in [-0.3, -0.25) is 14.6 Å². The second kappa shape index (κ2) is 8.08. The number of benzene rings is 1. The van der Waals surface area contributed by atoms with Crippen molar-refractivity contribution < 1.29 is 14.0 Å². The maximum atomic E-state index is 12.9. The van der Waals surface area contributed by atoms with E-state index in [4.69, 9.17) is 0 Å². The smallest absolute Gasteiger partial charge is 0.251 e. The summed E-state index contributed by atoms with van der Waals surface area (Å²) in [5.41, 5.74) is 1.28. The standard InChI is InChI=1S/C20H22FN3O2/c1-24(19(14-5-6-14)17-4-2-3-12-22-17)18(25)11-13-23-20(26)15-7-9-16(21)10-8-15/h2-4,7-10,12,14,19H,5-6,11,13H2,1H3,(H,23,26)/t19-/m1/s1. The van der Waals surface area contributed by atoms with Crippen LogP contribution in [0.4, 0.5) is 4.39 Å². The van der Waals surface area contributed by atoms with E-state index in [1.54, 1.807) is 18.1 Å². The number of hydrogen-bond acceptors (Lipinski definition) is 3. The molecule has 6 heteroatoms. The van der Waals surface area contributed by atoms with Gasteiger partial charge < -0.3 is 10.2 Å².